The van der Waals surface area contributed by atoms with Crippen LogP contribution in [-0.2, 0) is 0 Å². The Bertz CT molecular complexity index is 830. The molecule has 0 saturated carbocycles. The second-order valence-electron chi connectivity index (χ2n) is 5.80. The number of H-pyrrole nitrogens is 1. The molecule has 1 aliphatic heterocycles. The van der Waals surface area contributed by atoms with Crippen LogP contribution in [0.3, 0.4) is 0 Å². The Kier molecular flexibility index (Phi) is 3.55. The first-order valence-electron chi connectivity index (χ1n) is 7.81. The van der Waals surface area contributed by atoms with Gasteiger partial charge in [-0.2, -0.15) is 0 Å². The Morgan fingerprint density at radius 2 is 2.13 bits per heavy atom. The van der Waals surface area contributed by atoms with Crippen molar-refractivity contribution in [2.24, 2.45) is 0 Å². The number of carbonyl (C=O) groups excluding carboxylic acids is 1. The summed E-state index contributed by atoms with van der Waals surface area (Å²) >= 11 is 0. The third-order valence-corrected chi connectivity index (χ3v) is 4.24. The summed E-state index contributed by atoms with van der Waals surface area (Å²) in [6, 6.07) is 8.03. The summed E-state index contributed by atoms with van der Waals surface area (Å²) in [4.78, 5) is 15.5. The number of carbonyl (C=O) groups is 1. The largest absolute Gasteiger partial charge is 0.361 e. The van der Waals surface area contributed by atoms with Gasteiger partial charge >= 0.3 is 0 Å². The Balaban J connectivity index is 1.49. The standard InChI is InChI=1S/C16H18N6O/c23-16(19-12-1-2-14-11(9-12)3-8-18-14)15-10-22(21-20-15)13-4-6-17-7-5-13/h1-3,8-10,13,17-18H,4-7H2,(H,19,23). The Hall–Kier alpha value is -2.67. The van der Waals surface area contributed by atoms with Crippen LogP contribution >= 0.6 is 0 Å². The highest BCUT2D eigenvalue weighted by Gasteiger charge is 2.18. The second-order valence-corrected chi connectivity index (χ2v) is 5.80. The van der Waals surface area contributed by atoms with E-state index in [1.54, 1.807) is 6.20 Å². The summed E-state index contributed by atoms with van der Waals surface area (Å²) in [5.74, 6) is -0.236. The average Bonchev–Trinajstić information content (AvgIpc) is 3.24. The molecule has 1 fully saturated rings. The molecule has 7 nitrogen and oxygen atoms in total. The van der Waals surface area contributed by atoms with E-state index in [1.807, 2.05) is 35.1 Å². The highest BCUT2D eigenvalue weighted by Crippen LogP contribution is 2.19. The highest BCUT2D eigenvalue weighted by atomic mass is 16.2. The maximum atomic E-state index is 12.3. The van der Waals surface area contributed by atoms with Gasteiger partial charge in [0.2, 0.25) is 0 Å². The van der Waals surface area contributed by atoms with E-state index in [0.717, 1.165) is 42.5 Å². The third-order valence-electron chi connectivity index (χ3n) is 4.24. The van der Waals surface area contributed by atoms with Gasteiger partial charge in [0.25, 0.3) is 5.91 Å². The first kappa shape index (κ1) is 14.0. The summed E-state index contributed by atoms with van der Waals surface area (Å²) in [5.41, 5.74) is 2.14. The monoisotopic (exact) mass is 310 g/mol. The van der Waals surface area contributed by atoms with Crippen LogP contribution in [0.5, 0.6) is 0 Å². The molecule has 0 atom stereocenters. The molecule has 0 radical (unpaired) electrons. The van der Waals surface area contributed by atoms with Gasteiger partial charge in [-0.3, -0.25) is 4.79 Å². The zero-order valence-corrected chi connectivity index (χ0v) is 12.6. The van der Waals surface area contributed by atoms with Crippen molar-refractivity contribution in [1.29, 1.82) is 0 Å². The number of nitrogens with one attached hydrogen (secondary N) is 3. The van der Waals surface area contributed by atoms with E-state index in [1.165, 1.54) is 0 Å². The zero-order valence-electron chi connectivity index (χ0n) is 12.6. The molecular weight excluding hydrogens is 292 g/mol. The van der Waals surface area contributed by atoms with Crippen molar-refractivity contribution in [2.45, 2.75) is 18.9 Å². The third kappa shape index (κ3) is 2.83. The predicted molar refractivity (Wildman–Crippen MR) is 87.4 cm³/mol. The molecule has 1 aliphatic rings. The topological polar surface area (TPSA) is 87.6 Å². The Morgan fingerprint density at radius 1 is 1.26 bits per heavy atom. The van der Waals surface area contributed by atoms with Crippen LogP contribution in [0.1, 0.15) is 29.4 Å². The van der Waals surface area contributed by atoms with E-state index in [9.17, 15) is 4.79 Å². The van der Waals surface area contributed by atoms with Crippen molar-refractivity contribution in [3.05, 3.63) is 42.4 Å². The van der Waals surface area contributed by atoms with Crippen LogP contribution in [0, 0.1) is 0 Å². The van der Waals surface area contributed by atoms with Gasteiger partial charge in [0.15, 0.2) is 5.69 Å². The van der Waals surface area contributed by atoms with Gasteiger partial charge < -0.3 is 15.6 Å². The lowest BCUT2D eigenvalue weighted by atomic mass is 10.1. The van der Waals surface area contributed by atoms with E-state index >= 15 is 0 Å². The number of aromatic amines is 1. The van der Waals surface area contributed by atoms with Gasteiger partial charge in [0.05, 0.1) is 12.2 Å². The normalized spacial score (nSPS) is 15.8. The maximum absolute atomic E-state index is 12.3. The molecule has 2 aromatic heterocycles. The fraction of sp³-hybridized carbons (Fsp3) is 0.312. The number of anilines is 1. The molecule has 1 amide bonds. The van der Waals surface area contributed by atoms with Crippen LogP contribution in [0.2, 0.25) is 0 Å². The molecule has 0 bridgehead atoms. The number of piperidine rings is 1. The smallest absolute Gasteiger partial charge is 0.277 e. The molecule has 118 valence electrons. The average molecular weight is 310 g/mol. The molecular formula is C16H18N6O. The van der Waals surface area contributed by atoms with Gasteiger partial charge in [0, 0.05) is 22.8 Å². The molecule has 3 aromatic rings. The van der Waals surface area contributed by atoms with E-state index in [4.69, 9.17) is 0 Å². The van der Waals surface area contributed by atoms with E-state index in [-0.39, 0.29) is 5.91 Å². The number of nitrogens with zero attached hydrogens (tertiary/aromatic N) is 3. The summed E-state index contributed by atoms with van der Waals surface area (Å²) < 4.78 is 1.81. The van der Waals surface area contributed by atoms with Gasteiger partial charge in [-0.25, -0.2) is 4.68 Å². The summed E-state index contributed by atoms with van der Waals surface area (Å²) in [7, 11) is 0. The minimum Gasteiger partial charge on any atom is -0.361 e. The first-order valence-corrected chi connectivity index (χ1v) is 7.81. The van der Waals surface area contributed by atoms with Crippen molar-refractivity contribution in [3.8, 4) is 0 Å². The number of rotatable bonds is 3. The number of hydrogen-bond acceptors (Lipinski definition) is 4. The Labute approximate surface area is 133 Å². The molecule has 1 saturated heterocycles. The van der Waals surface area contributed by atoms with Crippen molar-refractivity contribution in [3.63, 3.8) is 0 Å². The van der Waals surface area contributed by atoms with E-state index in [2.05, 4.69) is 25.9 Å². The molecule has 1 aromatic carbocycles. The van der Waals surface area contributed by atoms with Crippen LogP contribution in [-0.4, -0.2) is 39.0 Å². The lowest BCUT2D eigenvalue weighted by molar-refractivity contribution is 0.102. The summed E-state index contributed by atoms with van der Waals surface area (Å²) in [6.07, 6.45) is 5.63. The summed E-state index contributed by atoms with van der Waals surface area (Å²) in [5, 5.41) is 15.4. The van der Waals surface area contributed by atoms with Crippen molar-refractivity contribution >= 4 is 22.5 Å². The maximum Gasteiger partial charge on any atom is 0.277 e. The number of hydrogen-bond donors (Lipinski definition) is 3. The van der Waals surface area contributed by atoms with Crippen LogP contribution in [0.25, 0.3) is 10.9 Å². The molecule has 0 aliphatic carbocycles. The lowest BCUT2D eigenvalue weighted by Crippen LogP contribution is -2.29. The Morgan fingerprint density at radius 3 is 3.00 bits per heavy atom. The fourth-order valence-electron chi connectivity index (χ4n) is 2.96. The molecule has 0 spiro atoms. The van der Waals surface area contributed by atoms with Crippen LogP contribution in [0.15, 0.2) is 36.7 Å². The summed E-state index contributed by atoms with van der Waals surface area (Å²) in [6.45, 7) is 1.95. The highest BCUT2D eigenvalue weighted by molar-refractivity contribution is 6.03. The minimum absolute atomic E-state index is 0.236. The van der Waals surface area contributed by atoms with Crippen LogP contribution in [0.4, 0.5) is 5.69 Å². The fourth-order valence-corrected chi connectivity index (χ4v) is 2.96. The minimum atomic E-state index is -0.236. The molecule has 0 unspecified atom stereocenters. The number of aromatic nitrogens is 4. The second kappa shape index (κ2) is 5.85. The number of amides is 1. The zero-order chi connectivity index (χ0) is 15.6. The van der Waals surface area contributed by atoms with Crippen molar-refractivity contribution in [2.75, 3.05) is 18.4 Å². The number of fused-ring (bicyclic) bond motifs is 1. The van der Waals surface area contributed by atoms with Gasteiger partial charge in [-0.1, -0.05) is 5.21 Å². The molecule has 4 rings (SSSR count). The number of benzene rings is 1. The van der Waals surface area contributed by atoms with E-state index < -0.39 is 0 Å². The lowest BCUT2D eigenvalue weighted by Gasteiger charge is -2.22. The van der Waals surface area contributed by atoms with Gasteiger partial charge in [0.1, 0.15) is 0 Å². The predicted octanol–water partition coefficient (Wildman–Crippen LogP) is 1.94. The molecule has 3 N–H and O–H groups in total. The van der Waals surface area contributed by atoms with Gasteiger partial charge in [-0.15, -0.1) is 5.10 Å². The van der Waals surface area contributed by atoms with Crippen molar-refractivity contribution < 1.29 is 4.79 Å². The first-order chi connectivity index (χ1) is 11.3. The quantitative estimate of drug-likeness (QED) is 0.690. The molecule has 23 heavy (non-hydrogen) atoms. The van der Waals surface area contributed by atoms with Gasteiger partial charge in [-0.05, 0) is 50.2 Å². The molecule has 7 heteroatoms. The SMILES string of the molecule is O=C(Nc1ccc2[nH]ccc2c1)c1cn(C2CCNCC2)nn1. The van der Waals surface area contributed by atoms with Crippen molar-refractivity contribution in [1.82, 2.24) is 25.3 Å². The van der Waals surface area contributed by atoms with Crippen LogP contribution < -0.4 is 10.6 Å². The van der Waals surface area contributed by atoms with E-state index in [0.29, 0.717) is 11.7 Å². The molecule has 3 heterocycles.